The van der Waals surface area contributed by atoms with E-state index in [-0.39, 0.29) is 29.0 Å². The molecule has 1 aliphatic rings. The molecular weight excluding hydrogens is 449 g/mol. The average molecular weight is 467 g/mol. The molecular formula is C18H18FN5O7S. The number of fused-ring (bicyclic) bond motifs is 1. The molecule has 0 unspecified atom stereocenters. The smallest absolute Gasteiger partial charge is 0.309 e. The molecule has 0 bridgehead atoms. The minimum absolute atomic E-state index is 0.0403. The van der Waals surface area contributed by atoms with Crippen LogP contribution in [0.2, 0.25) is 0 Å². The lowest BCUT2D eigenvalue weighted by Crippen LogP contribution is -2.23. The molecule has 1 aromatic carbocycles. The second-order valence-electron chi connectivity index (χ2n) is 7.31. The summed E-state index contributed by atoms with van der Waals surface area (Å²) in [7, 11) is -4.06. The Morgan fingerprint density at radius 1 is 1.31 bits per heavy atom. The van der Waals surface area contributed by atoms with Crippen LogP contribution in [0.1, 0.15) is 19.6 Å². The van der Waals surface area contributed by atoms with E-state index in [9.17, 15) is 27.7 Å². The summed E-state index contributed by atoms with van der Waals surface area (Å²) in [5.41, 5.74) is -0.477. The first kappa shape index (κ1) is 21.8. The van der Waals surface area contributed by atoms with Crippen molar-refractivity contribution in [2.75, 3.05) is 5.75 Å². The fourth-order valence-corrected chi connectivity index (χ4v) is 4.52. The third-order valence-electron chi connectivity index (χ3n) is 5.24. The highest BCUT2D eigenvalue weighted by atomic mass is 32.2. The zero-order chi connectivity index (χ0) is 23.0. The standard InChI is InChI=1S/C18H18FN5O7S/c1-10-13(6-7-32(28,29)31-12-4-2-11(3-5-12)24(26)27)30-18(14(10)19)23-9-22-15-16(23)20-8-21-17(15)25/h2-5,8-10,13-14,18H,6-7H2,1H3,(H,20,21,25)/t10-,13-,14-,18-/m1/s1. The largest absolute Gasteiger partial charge is 0.382 e. The first-order valence-electron chi connectivity index (χ1n) is 9.52. The molecule has 0 amide bonds. The van der Waals surface area contributed by atoms with Gasteiger partial charge in [-0.1, -0.05) is 6.92 Å². The van der Waals surface area contributed by atoms with Crippen LogP contribution < -0.4 is 9.74 Å². The molecule has 0 radical (unpaired) electrons. The number of rotatable bonds is 7. The third-order valence-corrected chi connectivity index (χ3v) is 6.42. The monoisotopic (exact) mass is 467 g/mol. The van der Waals surface area contributed by atoms with Crippen molar-refractivity contribution in [2.45, 2.75) is 31.8 Å². The SMILES string of the molecule is C[C@H]1[C@@H](F)[C@H](n2cnc3c(=O)[nH]cnc32)O[C@@H]1CCS(=O)(=O)Oc1ccc([N+](=O)[O-])cc1. The van der Waals surface area contributed by atoms with Gasteiger partial charge in [-0.05, 0) is 18.6 Å². The number of hydrogen-bond donors (Lipinski definition) is 1. The molecule has 0 saturated carbocycles. The number of benzene rings is 1. The molecule has 12 nitrogen and oxygen atoms in total. The number of hydrogen-bond acceptors (Lipinski definition) is 9. The summed E-state index contributed by atoms with van der Waals surface area (Å²) in [6.45, 7) is 1.60. The molecule has 170 valence electrons. The number of aromatic amines is 1. The van der Waals surface area contributed by atoms with Crippen LogP contribution in [0.15, 0.2) is 41.7 Å². The maximum Gasteiger partial charge on any atom is 0.309 e. The molecule has 32 heavy (non-hydrogen) atoms. The second kappa shape index (κ2) is 8.27. The summed E-state index contributed by atoms with van der Waals surface area (Å²) < 4.78 is 51.6. The predicted octanol–water partition coefficient (Wildman–Crippen LogP) is 1.70. The molecule has 1 fully saturated rings. The van der Waals surface area contributed by atoms with E-state index in [0.717, 1.165) is 12.1 Å². The summed E-state index contributed by atoms with van der Waals surface area (Å²) in [6, 6.07) is 4.60. The van der Waals surface area contributed by atoms with Crippen LogP contribution in [0, 0.1) is 16.0 Å². The van der Waals surface area contributed by atoms with Crippen LogP contribution >= 0.6 is 0 Å². The second-order valence-corrected chi connectivity index (χ2v) is 9.00. The van der Waals surface area contributed by atoms with E-state index in [4.69, 9.17) is 8.92 Å². The van der Waals surface area contributed by atoms with E-state index in [1.807, 2.05) is 0 Å². The molecule has 14 heteroatoms. The van der Waals surface area contributed by atoms with E-state index in [2.05, 4.69) is 15.0 Å². The maximum absolute atomic E-state index is 15.0. The number of nitrogens with one attached hydrogen (secondary N) is 1. The lowest BCUT2D eigenvalue weighted by atomic mass is 10.00. The van der Waals surface area contributed by atoms with Crippen LogP contribution in [0.25, 0.3) is 11.2 Å². The quantitative estimate of drug-likeness (QED) is 0.310. The zero-order valence-electron chi connectivity index (χ0n) is 16.6. The van der Waals surface area contributed by atoms with Crippen LogP contribution in [-0.4, -0.2) is 50.9 Å². The number of aromatic nitrogens is 4. The van der Waals surface area contributed by atoms with E-state index in [0.29, 0.717) is 0 Å². The van der Waals surface area contributed by atoms with Gasteiger partial charge in [-0.2, -0.15) is 8.42 Å². The Kier molecular flexibility index (Phi) is 5.64. The first-order chi connectivity index (χ1) is 15.2. The minimum atomic E-state index is -4.06. The van der Waals surface area contributed by atoms with Gasteiger partial charge in [0.25, 0.3) is 11.2 Å². The summed E-state index contributed by atoms with van der Waals surface area (Å²) in [5, 5.41) is 10.7. The van der Waals surface area contributed by atoms with Gasteiger partial charge < -0.3 is 13.9 Å². The number of imidazole rings is 1. The number of H-pyrrole nitrogens is 1. The summed E-state index contributed by atoms with van der Waals surface area (Å²) in [6.07, 6.45) is -0.968. The summed E-state index contributed by atoms with van der Waals surface area (Å²) >= 11 is 0. The normalized spacial score (nSPS) is 23.4. The molecule has 4 rings (SSSR count). The Labute approximate surface area is 180 Å². The van der Waals surface area contributed by atoms with Crippen molar-refractivity contribution < 1.29 is 26.7 Å². The van der Waals surface area contributed by atoms with E-state index in [1.54, 1.807) is 6.92 Å². The van der Waals surface area contributed by atoms with Gasteiger partial charge in [0.1, 0.15) is 5.75 Å². The Morgan fingerprint density at radius 3 is 2.72 bits per heavy atom. The van der Waals surface area contributed by atoms with Gasteiger partial charge in [-0.15, -0.1) is 0 Å². The number of nitro benzene ring substituents is 1. The highest BCUT2D eigenvalue weighted by Crippen LogP contribution is 2.38. The molecule has 1 aliphatic heterocycles. The van der Waals surface area contributed by atoms with Crippen LogP contribution in [0.5, 0.6) is 5.75 Å². The number of alkyl halides is 1. The number of non-ortho nitro benzene ring substituents is 1. The number of nitro groups is 1. The van der Waals surface area contributed by atoms with Gasteiger partial charge in [-0.25, -0.2) is 14.4 Å². The van der Waals surface area contributed by atoms with E-state index < -0.39 is 50.8 Å². The van der Waals surface area contributed by atoms with Crippen molar-refractivity contribution in [3.8, 4) is 5.75 Å². The number of ether oxygens (including phenoxy) is 1. The van der Waals surface area contributed by atoms with Crippen molar-refractivity contribution in [3.63, 3.8) is 0 Å². The molecule has 1 saturated heterocycles. The van der Waals surface area contributed by atoms with Crippen LogP contribution in [-0.2, 0) is 14.9 Å². The Balaban J connectivity index is 1.43. The lowest BCUT2D eigenvalue weighted by molar-refractivity contribution is -0.384. The minimum Gasteiger partial charge on any atom is -0.382 e. The Hall–Kier alpha value is -3.39. The fraction of sp³-hybridized carbons (Fsp3) is 0.389. The van der Waals surface area contributed by atoms with Crippen molar-refractivity contribution in [2.24, 2.45) is 5.92 Å². The van der Waals surface area contributed by atoms with E-state index >= 15 is 0 Å². The van der Waals surface area contributed by atoms with Gasteiger partial charge in [0.2, 0.25) is 0 Å². The van der Waals surface area contributed by atoms with Gasteiger partial charge in [0, 0.05) is 18.1 Å². The Morgan fingerprint density at radius 2 is 2.03 bits per heavy atom. The van der Waals surface area contributed by atoms with Crippen molar-refractivity contribution in [1.29, 1.82) is 0 Å². The highest BCUT2D eigenvalue weighted by molar-refractivity contribution is 7.87. The van der Waals surface area contributed by atoms with Crippen LogP contribution in [0.3, 0.4) is 0 Å². The van der Waals surface area contributed by atoms with Crippen molar-refractivity contribution in [3.05, 3.63) is 57.4 Å². The average Bonchev–Trinajstić information content (AvgIpc) is 3.29. The molecule has 4 atom stereocenters. The van der Waals surface area contributed by atoms with E-state index in [1.165, 1.54) is 29.4 Å². The van der Waals surface area contributed by atoms with Crippen molar-refractivity contribution in [1.82, 2.24) is 19.5 Å². The predicted molar refractivity (Wildman–Crippen MR) is 108 cm³/mol. The molecule has 3 aromatic rings. The first-order valence-corrected chi connectivity index (χ1v) is 11.1. The maximum atomic E-state index is 15.0. The van der Waals surface area contributed by atoms with Gasteiger partial charge in [-0.3, -0.25) is 19.5 Å². The van der Waals surface area contributed by atoms with Crippen molar-refractivity contribution >= 4 is 27.0 Å². The lowest BCUT2D eigenvalue weighted by Gasteiger charge is -2.16. The summed E-state index contributed by atoms with van der Waals surface area (Å²) in [5.74, 6) is -1.17. The van der Waals surface area contributed by atoms with Gasteiger partial charge in [0.15, 0.2) is 23.6 Å². The zero-order valence-corrected chi connectivity index (χ0v) is 17.4. The van der Waals surface area contributed by atoms with Gasteiger partial charge in [0.05, 0.1) is 29.4 Å². The number of halogens is 1. The Bertz CT molecular complexity index is 1310. The third kappa shape index (κ3) is 4.18. The number of nitrogens with zero attached hydrogens (tertiary/aromatic N) is 4. The van der Waals surface area contributed by atoms with Gasteiger partial charge >= 0.3 is 10.1 Å². The molecule has 0 aliphatic carbocycles. The molecule has 1 N–H and O–H groups in total. The fourth-order valence-electron chi connectivity index (χ4n) is 3.51. The molecule has 0 spiro atoms. The molecule has 3 heterocycles. The summed E-state index contributed by atoms with van der Waals surface area (Å²) in [4.78, 5) is 32.2. The van der Waals surface area contributed by atoms with Crippen LogP contribution in [0.4, 0.5) is 10.1 Å². The highest BCUT2D eigenvalue weighted by Gasteiger charge is 2.44. The topological polar surface area (TPSA) is 159 Å². The molecule has 2 aromatic heterocycles.